The molecule has 0 aliphatic rings. The molecular weight excluding hydrogens is 278 g/mol. The molecule has 0 aliphatic heterocycles. The van der Waals surface area contributed by atoms with Crippen LogP contribution in [0.25, 0.3) is 0 Å². The van der Waals surface area contributed by atoms with Gasteiger partial charge in [-0.15, -0.1) is 0 Å². The Kier molecular flexibility index (Phi) is 4.48. The molecule has 2 aromatic carbocycles. The topological polar surface area (TPSA) is 47.6 Å². The van der Waals surface area contributed by atoms with Gasteiger partial charge in [0.1, 0.15) is 11.5 Å². The van der Waals surface area contributed by atoms with E-state index in [0.29, 0.717) is 27.8 Å². The molecule has 1 N–H and O–H groups in total. The summed E-state index contributed by atoms with van der Waals surface area (Å²) >= 11 is 5.99. The van der Waals surface area contributed by atoms with E-state index >= 15 is 0 Å². The van der Waals surface area contributed by atoms with Crippen molar-refractivity contribution in [3.8, 4) is 11.5 Å². The van der Waals surface area contributed by atoms with Crippen molar-refractivity contribution in [1.82, 2.24) is 0 Å². The molecular formula is C15H14ClNO3. The highest BCUT2D eigenvalue weighted by Crippen LogP contribution is 2.29. The molecule has 0 aliphatic carbocycles. The number of anilines is 1. The summed E-state index contributed by atoms with van der Waals surface area (Å²) in [5, 5.41) is 3.17. The quantitative estimate of drug-likeness (QED) is 0.936. The number of nitrogens with one attached hydrogen (secondary N) is 1. The second-order valence-corrected chi connectivity index (χ2v) is 4.41. The Hall–Kier alpha value is -2.20. The Morgan fingerprint density at radius 1 is 1.10 bits per heavy atom. The average molecular weight is 292 g/mol. The van der Waals surface area contributed by atoms with E-state index in [1.54, 1.807) is 49.6 Å². The summed E-state index contributed by atoms with van der Waals surface area (Å²) in [6, 6.07) is 12.0. The predicted octanol–water partition coefficient (Wildman–Crippen LogP) is 3.61. The molecule has 20 heavy (non-hydrogen) atoms. The molecule has 0 saturated heterocycles. The Labute approximate surface area is 122 Å². The van der Waals surface area contributed by atoms with Crippen LogP contribution < -0.4 is 14.8 Å². The lowest BCUT2D eigenvalue weighted by Gasteiger charge is -2.12. The molecule has 0 radical (unpaired) electrons. The van der Waals surface area contributed by atoms with Crippen molar-refractivity contribution in [1.29, 1.82) is 0 Å². The first-order valence-electron chi connectivity index (χ1n) is 5.93. The standard InChI is InChI=1S/C15H14ClNO3/c1-19-10-7-8-13(14(9-10)20-2)17-15(18)11-5-3-4-6-12(11)16/h3-9H,1-2H3,(H,17,18). The van der Waals surface area contributed by atoms with Crippen LogP contribution in [-0.4, -0.2) is 20.1 Å². The van der Waals surface area contributed by atoms with Gasteiger partial charge in [-0.3, -0.25) is 4.79 Å². The molecule has 4 nitrogen and oxygen atoms in total. The normalized spacial score (nSPS) is 9.95. The van der Waals surface area contributed by atoms with Crippen LogP contribution in [0.1, 0.15) is 10.4 Å². The van der Waals surface area contributed by atoms with Gasteiger partial charge in [-0.1, -0.05) is 23.7 Å². The van der Waals surface area contributed by atoms with Crippen LogP contribution in [0.15, 0.2) is 42.5 Å². The van der Waals surface area contributed by atoms with Gasteiger partial charge in [0.05, 0.1) is 30.5 Å². The van der Waals surface area contributed by atoms with Crippen LogP contribution in [0.2, 0.25) is 5.02 Å². The molecule has 1 amide bonds. The van der Waals surface area contributed by atoms with Crippen molar-refractivity contribution in [2.45, 2.75) is 0 Å². The maximum atomic E-state index is 12.2. The van der Waals surface area contributed by atoms with Gasteiger partial charge in [0.25, 0.3) is 5.91 Å². The fraction of sp³-hybridized carbons (Fsp3) is 0.133. The summed E-state index contributed by atoms with van der Waals surface area (Å²) in [4.78, 5) is 12.2. The van der Waals surface area contributed by atoms with Gasteiger partial charge in [0.15, 0.2) is 0 Å². The molecule has 0 fully saturated rings. The van der Waals surface area contributed by atoms with Crippen molar-refractivity contribution >= 4 is 23.2 Å². The van der Waals surface area contributed by atoms with E-state index in [2.05, 4.69) is 5.32 Å². The van der Waals surface area contributed by atoms with Crippen LogP contribution in [0, 0.1) is 0 Å². The molecule has 104 valence electrons. The van der Waals surface area contributed by atoms with Gasteiger partial charge in [-0.25, -0.2) is 0 Å². The first-order chi connectivity index (χ1) is 9.65. The highest BCUT2D eigenvalue weighted by atomic mass is 35.5. The Morgan fingerprint density at radius 3 is 2.50 bits per heavy atom. The Balaban J connectivity index is 2.26. The van der Waals surface area contributed by atoms with E-state index in [-0.39, 0.29) is 5.91 Å². The fourth-order valence-corrected chi connectivity index (χ4v) is 1.96. The van der Waals surface area contributed by atoms with Gasteiger partial charge in [0, 0.05) is 6.07 Å². The van der Waals surface area contributed by atoms with Crippen LogP contribution >= 0.6 is 11.6 Å². The van der Waals surface area contributed by atoms with E-state index in [1.165, 1.54) is 7.11 Å². The Bertz CT molecular complexity index is 628. The third kappa shape index (κ3) is 3.03. The molecule has 0 spiro atoms. The van der Waals surface area contributed by atoms with Crippen molar-refractivity contribution in [3.63, 3.8) is 0 Å². The fourth-order valence-electron chi connectivity index (χ4n) is 1.74. The summed E-state index contributed by atoms with van der Waals surface area (Å²) in [6.45, 7) is 0. The van der Waals surface area contributed by atoms with Crippen LogP contribution in [-0.2, 0) is 0 Å². The third-order valence-electron chi connectivity index (χ3n) is 2.78. The smallest absolute Gasteiger partial charge is 0.257 e. The largest absolute Gasteiger partial charge is 0.497 e. The highest BCUT2D eigenvalue weighted by Gasteiger charge is 2.12. The van der Waals surface area contributed by atoms with E-state index < -0.39 is 0 Å². The molecule has 0 heterocycles. The number of hydrogen-bond donors (Lipinski definition) is 1. The molecule has 2 rings (SSSR count). The summed E-state index contributed by atoms with van der Waals surface area (Å²) in [5.41, 5.74) is 0.963. The number of ether oxygens (including phenoxy) is 2. The van der Waals surface area contributed by atoms with Gasteiger partial charge >= 0.3 is 0 Å². The lowest BCUT2D eigenvalue weighted by atomic mass is 10.2. The minimum atomic E-state index is -0.293. The van der Waals surface area contributed by atoms with Gasteiger partial charge in [0.2, 0.25) is 0 Å². The van der Waals surface area contributed by atoms with Gasteiger partial charge < -0.3 is 14.8 Å². The van der Waals surface area contributed by atoms with Crippen molar-refractivity contribution < 1.29 is 14.3 Å². The maximum Gasteiger partial charge on any atom is 0.257 e. The predicted molar refractivity (Wildman–Crippen MR) is 79.0 cm³/mol. The number of halogens is 1. The summed E-state index contributed by atoms with van der Waals surface area (Å²) < 4.78 is 10.3. The van der Waals surface area contributed by atoms with Gasteiger partial charge in [-0.2, -0.15) is 0 Å². The molecule has 2 aromatic rings. The summed E-state index contributed by atoms with van der Waals surface area (Å²) in [5.74, 6) is 0.876. The van der Waals surface area contributed by atoms with E-state index in [9.17, 15) is 4.79 Å². The second kappa shape index (κ2) is 6.30. The van der Waals surface area contributed by atoms with Crippen molar-refractivity contribution in [2.75, 3.05) is 19.5 Å². The number of carbonyl (C=O) groups is 1. The zero-order valence-electron chi connectivity index (χ0n) is 11.1. The number of carbonyl (C=O) groups excluding carboxylic acids is 1. The van der Waals surface area contributed by atoms with E-state index in [4.69, 9.17) is 21.1 Å². The van der Waals surface area contributed by atoms with Crippen molar-refractivity contribution in [3.05, 3.63) is 53.1 Å². The third-order valence-corrected chi connectivity index (χ3v) is 3.10. The lowest BCUT2D eigenvalue weighted by Crippen LogP contribution is -2.13. The average Bonchev–Trinajstić information content (AvgIpc) is 2.48. The SMILES string of the molecule is COc1ccc(NC(=O)c2ccccc2Cl)c(OC)c1. The minimum absolute atomic E-state index is 0.293. The first-order valence-corrected chi connectivity index (χ1v) is 6.31. The van der Waals surface area contributed by atoms with Gasteiger partial charge in [-0.05, 0) is 24.3 Å². The zero-order chi connectivity index (χ0) is 14.5. The van der Waals surface area contributed by atoms with Crippen LogP contribution in [0.5, 0.6) is 11.5 Å². The molecule has 0 saturated carbocycles. The van der Waals surface area contributed by atoms with Crippen LogP contribution in [0.3, 0.4) is 0 Å². The number of methoxy groups -OCH3 is 2. The summed E-state index contributed by atoms with van der Waals surface area (Å²) in [7, 11) is 3.09. The summed E-state index contributed by atoms with van der Waals surface area (Å²) in [6.07, 6.45) is 0. The minimum Gasteiger partial charge on any atom is -0.497 e. The van der Waals surface area contributed by atoms with E-state index in [0.717, 1.165) is 0 Å². The maximum absolute atomic E-state index is 12.2. The molecule has 0 unspecified atom stereocenters. The number of amides is 1. The first kappa shape index (κ1) is 14.2. The monoisotopic (exact) mass is 291 g/mol. The molecule has 0 aromatic heterocycles. The Morgan fingerprint density at radius 2 is 1.85 bits per heavy atom. The molecule has 5 heteroatoms. The van der Waals surface area contributed by atoms with E-state index in [1.807, 2.05) is 0 Å². The van der Waals surface area contributed by atoms with Crippen LogP contribution in [0.4, 0.5) is 5.69 Å². The number of rotatable bonds is 4. The zero-order valence-corrected chi connectivity index (χ0v) is 11.9. The molecule has 0 bridgehead atoms. The second-order valence-electron chi connectivity index (χ2n) is 4.00. The lowest BCUT2D eigenvalue weighted by molar-refractivity contribution is 0.102. The molecule has 0 atom stereocenters. The number of hydrogen-bond acceptors (Lipinski definition) is 3. The number of benzene rings is 2. The van der Waals surface area contributed by atoms with Crippen molar-refractivity contribution in [2.24, 2.45) is 0 Å². The highest BCUT2D eigenvalue weighted by molar-refractivity contribution is 6.34.